The van der Waals surface area contributed by atoms with Crippen LogP contribution >= 0.6 is 0 Å². The van der Waals surface area contributed by atoms with Gasteiger partial charge in [0.2, 0.25) is 5.91 Å². The molecule has 0 bridgehead atoms. The van der Waals surface area contributed by atoms with Crippen molar-refractivity contribution < 1.29 is 13.6 Å². The van der Waals surface area contributed by atoms with Crippen LogP contribution in [-0.2, 0) is 11.3 Å². The van der Waals surface area contributed by atoms with E-state index in [9.17, 15) is 18.4 Å². The summed E-state index contributed by atoms with van der Waals surface area (Å²) in [6, 6.07) is 9.56. The monoisotopic (exact) mass is 372 g/mol. The molecular formula is C19H18F2N4O2. The number of H-pyrrole nitrogens is 1. The zero-order chi connectivity index (χ0) is 19.6. The SMILES string of the molecule is CN(CC(=O)N(C)c1cccc(F)c1)Cc1nc2ccc(F)cc2c(=O)[nH]1. The number of hydrogen-bond donors (Lipinski definition) is 1. The van der Waals surface area contributed by atoms with E-state index in [1.807, 2.05) is 0 Å². The van der Waals surface area contributed by atoms with E-state index in [2.05, 4.69) is 9.97 Å². The number of fused-ring (bicyclic) bond motifs is 1. The molecule has 8 heteroatoms. The molecule has 0 aliphatic heterocycles. The Morgan fingerprint density at radius 2 is 1.85 bits per heavy atom. The van der Waals surface area contributed by atoms with Crippen molar-refractivity contribution >= 4 is 22.5 Å². The quantitative estimate of drug-likeness (QED) is 0.746. The minimum absolute atomic E-state index is 0.0399. The first-order valence-electron chi connectivity index (χ1n) is 8.22. The third-order valence-electron chi connectivity index (χ3n) is 4.11. The van der Waals surface area contributed by atoms with Crippen molar-refractivity contribution in [3.8, 4) is 0 Å². The highest BCUT2D eigenvalue weighted by Crippen LogP contribution is 2.14. The van der Waals surface area contributed by atoms with Crippen LogP contribution in [0.2, 0.25) is 0 Å². The Kier molecular flexibility index (Phi) is 5.27. The summed E-state index contributed by atoms with van der Waals surface area (Å²) in [6.07, 6.45) is 0. The average Bonchev–Trinajstić information content (AvgIpc) is 2.61. The summed E-state index contributed by atoms with van der Waals surface area (Å²) in [6.45, 7) is 0.253. The molecule has 140 valence electrons. The molecule has 1 N–H and O–H groups in total. The van der Waals surface area contributed by atoms with Crippen LogP contribution in [-0.4, -0.2) is 41.4 Å². The number of benzene rings is 2. The van der Waals surface area contributed by atoms with Gasteiger partial charge in [-0.05, 0) is 43.4 Å². The van der Waals surface area contributed by atoms with E-state index < -0.39 is 17.2 Å². The molecule has 6 nitrogen and oxygen atoms in total. The Morgan fingerprint density at radius 1 is 1.11 bits per heavy atom. The molecule has 0 fully saturated rings. The fourth-order valence-electron chi connectivity index (χ4n) is 2.71. The second-order valence-electron chi connectivity index (χ2n) is 6.28. The van der Waals surface area contributed by atoms with Crippen LogP contribution < -0.4 is 10.5 Å². The number of nitrogens with one attached hydrogen (secondary N) is 1. The van der Waals surface area contributed by atoms with Crippen LogP contribution in [0.1, 0.15) is 5.82 Å². The van der Waals surface area contributed by atoms with Crippen LogP contribution in [0.15, 0.2) is 47.3 Å². The number of likely N-dealkylation sites (N-methyl/N-ethyl adjacent to an activating group) is 2. The van der Waals surface area contributed by atoms with Crippen LogP contribution in [0.4, 0.5) is 14.5 Å². The third-order valence-corrected chi connectivity index (χ3v) is 4.11. The first-order chi connectivity index (χ1) is 12.8. The number of rotatable bonds is 5. The number of anilines is 1. The summed E-state index contributed by atoms with van der Waals surface area (Å²) in [5.74, 6) is -0.809. The topological polar surface area (TPSA) is 69.3 Å². The number of aromatic nitrogens is 2. The molecule has 3 rings (SSSR count). The summed E-state index contributed by atoms with van der Waals surface area (Å²) >= 11 is 0. The van der Waals surface area contributed by atoms with Crippen LogP contribution in [0.5, 0.6) is 0 Å². The Labute approximate surface area is 154 Å². The van der Waals surface area contributed by atoms with Gasteiger partial charge >= 0.3 is 0 Å². The molecule has 1 aromatic heterocycles. The maximum atomic E-state index is 13.3. The molecule has 0 radical (unpaired) electrons. The van der Waals surface area contributed by atoms with E-state index in [0.717, 1.165) is 6.07 Å². The lowest BCUT2D eigenvalue weighted by Crippen LogP contribution is -2.37. The van der Waals surface area contributed by atoms with Gasteiger partial charge in [0.05, 0.1) is 24.0 Å². The van der Waals surface area contributed by atoms with Crippen molar-refractivity contribution in [3.05, 3.63) is 70.3 Å². The first kappa shape index (κ1) is 18.7. The van der Waals surface area contributed by atoms with Gasteiger partial charge in [-0.2, -0.15) is 0 Å². The van der Waals surface area contributed by atoms with Crippen LogP contribution in [0, 0.1) is 11.6 Å². The number of carbonyl (C=O) groups excluding carboxylic acids is 1. The highest BCUT2D eigenvalue weighted by molar-refractivity contribution is 5.94. The summed E-state index contributed by atoms with van der Waals surface area (Å²) < 4.78 is 26.6. The van der Waals surface area contributed by atoms with Crippen LogP contribution in [0.25, 0.3) is 10.9 Å². The summed E-state index contributed by atoms with van der Waals surface area (Å²) in [4.78, 5) is 34.4. The van der Waals surface area contributed by atoms with Gasteiger partial charge in [0, 0.05) is 12.7 Å². The predicted octanol–water partition coefficient (Wildman–Crippen LogP) is 2.30. The Bertz CT molecular complexity index is 1050. The third kappa shape index (κ3) is 4.35. The maximum absolute atomic E-state index is 13.3. The van der Waals surface area contributed by atoms with Gasteiger partial charge < -0.3 is 9.88 Å². The molecule has 3 aromatic rings. The fraction of sp³-hybridized carbons (Fsp3) is 0.211. The van der Waals surface area contributed by atoms with Gasteiger partial charge in [-0.3, -0.25) is 14.5 Å². The standard InChI is InChI=1S/C19H18F2N4O2/c1-24(11-18(26)25(2)14-5-3-4-12(20)8-14)10-17-22-16-7-6-13(21)9-15(16)19(27)23-17/h3-9H,10-11H2,1-2H3,(H,22,23,27). The molecule has 0 aliphatic carbocycles. The van der Waals surface area contributed by atoms with Crippen molar-refractivity contribution in [2.45, 2.75) is 6.54 Å². The maximum Gasteiger partial charge on any atom is 0.258 e. The number of carbonyl (C=O) groups is 1. The van der Waals surface area contributed by atoms with Crippen molar-refractivity contribution in [1.82, 2.24) is 14.9 Å². The van der Waals surface area contributed by atoms with Crippen molar-refractivity contribution in [3.63, 3.8) is 0 Å². The normalized spacial score (nSPS) is 11.1. The van der Waals surface area contributed by atoms with E-state index in [-0.39, 0.29) is 24.4 Å². The molecular weight excluding hydrogens is 354 g/mol. The van der Waals surface area contributed by atoms with Crippen LogP contribution in [0.3, 0.4) is 0 Å². The van der Waals surface area contributed by atoms with Gasteiger partial charge in [-0.25, -0.2) is 13.8 Å². The Hall–Kier alpha value is -3.13. The minimum atomic E-state index is -0.509. The average molecular weight is 372 g/mol. The van der Waals surface area contributed by atoms with Gasteiger partial charge in [0.1, 0.15) is 17.5 Å². The second-order valence-corrected chi connectivity index (χ2v) is 6.28. The lowest BCUT2D eigenvalue weighted by molar-refractivity contribution is -0.119. The molecule has 27 heavy (non-hydrogen) atoms. The van der Waals surface area contributed by atoms with Gasteiger partial charge in [0.25, 0.3) is 5.56 Å². The molecule has 0 aliphatic rings. The lowest BCUT2D eigenvalue weighted by Gasteiger charge is -2.21. The first-order valence-corrected chi connectivity index (χ1v) is 8.22. The highest BCUT2D eigenvalue weighted by Gasteiger charge is 2.15. The van der Waals surface area contributed by atoms with Crippen molar-refractivity contribution in [1.29, 1.82) is 0 Å². The number of halogens is 2. The fourth-order valence-corrected chi connectivity index (χ4v) is 2.71. The lowest BCUT2D eigenvalue weighted by atomic mass is 10.2. The number of hydrogen-bond acceptors (Lipinski definition) is 4. The van der Waals surface area contributed by atoms with E-state index >= 15 is 0 Å². The van der Waals surface area contributed by atoms with E-state index in [1.165, 1.54) is 35.2 Å². The highest BCUT2D eigenvalue weighted by atomic mass is 19.1. The predicted molar refractivity (Wildman–Crippen MR) is 98.5 cm³/mol. The van der Waals surface area contributed by atoms with Gasteiger partial charge in [0.15, 0.2) is 0 Å². The molecule has 2 aromatic carbocycles. The minimum Gasteiger partial charge on any atom is -0.314 e. The van der Waals surface area contributed by atoms with E-state index in [4.69, 9.17) is 0 Å². The number of nitrogens with zero attached hydrogens (tertiary/aromatic N) is 3. The Balaban J connectivity index is 1.71. The van der Waals surface area contributed by atoms with E-state index in [0.29, 0.717) is 17.0 Å². The summed E-state index contributed by atoms with van der Waals surface area (Å²) in [7, 11) is 3.27. The van der Waals surface area contributed by atoms with E-state index in [1.54, 1.807) is 25.1 Å². The molecule has 0 saturated heterocycles. The smallest absolute Gasteiger partial charge is 0.258 e. The van der Waals surface area contributed by atoms with Crippen molar-refractivity contribution in [2.24, 2.45) is 0 Å². The summed E-state index contributed by atoms with van der Waals surface area (Å²) in [5.41, 5.74) is 0.394. The molecule has 1 amide bonds. The molecule has 0 atom stereocenters. The number of aromatic amines is 1. The Morgan fingerprint density at radius 3 is 2.59 bits per heavy atom. The second kappa shape index (κ2) is 7.63. The summed E-state index contributed by atoms with van der Waals surface area (Å²) in [5, 5.41) is 0.170. The van der Waals surface area contributed by atoms with Gasteiger partial charge in [-0.15, -0.1) is 0 Å². The molecule has 0 unspecified atom stereocenters. The van der Waals surface area contributed by atoms with Crippen molar-refractivity contribution in [2.75, 3.05) is 25.5 Å². The van der Waals surface area contributed by atoms with Gasteiger partial charge in [-0.1, -0.05) is 6.07 Å². The zero-order valence-electron chi connectivity index (χ0n) is 14.9. The molecule has 0 spiro atoms. The molecule has 1 heterocycles. The molecule has 0 saturated carbocycles. The zero-order valence-corrected chi connectivity index (χ0v) is 14.9. The number of amides is 1. The largest absolute Gasteiger partial charge is 0.314 e.